The summed E-state index contributed by atoms with van der Waals surface area (Å²) in [6, 6.07) is 8.42. The van der Waals surface area contributed by atoms with Crippen molar-refractivity contribution < 1.29 is 9.52 Å². The molecule has 0 radical (unpaired) electrons. The molecule has 3 nitrogen and oxygen atoms in total. The lowest BCUT2D eigenvalue weighted by Gasteiger charge is -2.16. The van der Waals surface area contributed by atoms with E-state index < -0.39 is 0 Å². The number of rotatable bonds is 7. The fourth-order valence-corrected chi connectivity index (χ4v) is 2.63. The van der Waals surface area contributed by atoms with Gasteiger partial charge in [-0.3, -0.25) is 0 Å². The molecule has 0 aliphatic rings. The third-order valence-electron chi connectivity index (χ3n) is 3.87. The van der Waals surface area contributed by atoms with Gasteiger partial charge in [0, 0.05) is 17.6 Å². The van der Waals surface area contributed by atoms with E-state index in [2.05, 4.69) is 38.2 Å². The molecule has 0 aliphatic carbocycles. The van der Waals surface area contributed by atoms with Crippen LogP contribution in [0.1, 0.15) is 44.6 Å². The zero-order valence-electron chi connectivity index (χ0n) is 12.6. The molecule has 3 heteroatoms. The molecule has 2 rings (SSSR count). The number of furan rings is 1. The molecule has 110 valence electrons. The third-order valence-corrected chi connectivity index (χ3v) is 3.87. The number of aliphatic hydroxyl groups excluding tert-OH is 1. The van der Waals surface area contributed by atoms with E-state index in [1.165, 1.54) is 10.9 Å². The summed E-state index contributed by atoms with van der Waals surface area (Å²) < 4.78 is 6.03. The summed E-state index contributed by atoms with van der Waals surface area (Å²) in [4.78, 5) is 0. The number of benzene rings is 1. The van der Waals surface area contributed by atoms with Crippen molar-refractivity contribution in [3.63, 3.8) is 0 Å². The standard InChI is InChI=1S/C17H25NO2/c1-4-14-15-7-5-6-8-16(15)20-17(14)13(3)18-11-12(2)9-10-19/h5-8,12-13,18-19H,4,9-11H2,1-3H3. The second-order valence-electron chi connectivity index (χ2n) is 5.54. The Morgan fingerprint density at radius 3 is 2.70 bits per heavy atom. The lowest BCUT2D eigenvalue weighted by Crippen LogP contribution is -2.25. The number of hydrogen-bond acceptors (Lipinski definition) is 3. The minimum absolute atomic E-state index is 0.193. The van der Waals surface area contributed by atoms with Crippen molar-refractivity contribution in [2.75, 3.05) is 13.2 Å². The Hall–Kier alpha value is -1.32. The van der Waals surface area contributed by atoms with Crippen LogP contribution in [0.3, 0.4) is 0 Å². The van der Waals surface area contributed by atoms with Gasteiger partial charge in [0.15, 0.2) is 0 Å². The highest BCUT2D eigenvalue weighted by Crippen LogP contribution is 2.30. The molecule has 20 heavy (non-hydrogen) atoms. The second kappa shape index (κ2) is 6.91. The van der Waals surface area contributed by atoms with Gasteiger partial charge in [-0.1, -0.05) is 32.0 Å². The van der Waals surface area contributed by atoms with E-state index >= 15 is 0 Å². The molecule has 0 bridgehead atoms. The van der Waals surface area contributed by atoms with Gasteiger partial charge in [-0.15, -0.1) is 0 Å². The maximum absolute atomic E-state index is 8.95. The normalized spacial score (nSPS) is 14.6. The molecule has 0 spiro atoms. The first kappa shape index (κ1) is 15.1. The molecular weight excluding hydrogens is 250 g/mol. The number of para-hydroxylation sites is 1. The van der Waals surface area contributed by atoms with Crippen molar-refractivity contribution in [1.82, 2.24) is 5.32 Å². The van der Waals surface area contributed by atoms with Crippen molar-refractivity contribution in [3.8, 4) is 0 Å². The molecule has 2 aromatic rings. The van der Waals surface area contributed by atoms with E-state index in [0.717, 1.165) is 30.7 Å². The Kier molecular flexibility index (Phi) is 5.21. The summed E-state index contributed by atoms with van der Waals surface area (Å²) >= 11 is 0. The Morgan fingerprint density at radius 1 is 1.25 bits per heavy atom. The van der Waals surface area contributed by atoms with E-state index in [-0.39, 0.29) is 12.6 Å². The summed E-state index contributed by atoms with van der Waals surface area (Å²) in [7, 11) is 0. The van der Waals surface area contributed by atoms with Crippen molar-refractivity contribution in [3.05, 3.63) is 35.6 Å². The van der Waals surface area contributed by atoms with E-state index in [9.17, 15) is 0 Å². The highest BCUT2D eigenvalue weighted by molar-refractivity contribution is 5.82. The predicted octanol–water partition coefficient (Wildman–Crippen LogP) is 3.66. The highest BCUT2D eigenvalue weighted by Gasteiger charge is 2.18. The highest BCUT2D eigenvalue weighted by atomic mass is 16.3. The van der Waals surface area contributed by atoms with Crippen LogP contribution in [0.2, 0.25) is 0 Å². The number of hydrogen-bond donors (Lipinski definition) is 2. The van der Waals surface area contributed by atoms with Gasteiger partial charge in [-0.25, -0.2) is 0 Å². The first-order valence-corrected chi connectivity index (χ1v) is 7.51. The minimum atomic E-state index is 0.193. The summed E-state index contributed by atoms with van der Waals surface area (Å²) in [6.45, 7) is 7.60. The monoisotopic (exact) mass is 275 g/mol. The van der Waals surface area contributed by atoms with Gasteiger partial charge in [-0.2, -0.15) is 0 Å². The molecule has 2 atom stereocenters. The van der Waals surface area contributed by atoms with E-state index in [0.29, 0.717) is 5.92 Å². The van der Waals surface area contributed by atoms with Gasteiger partial charge >= 0.3 is 0 Å². The van der Waals surface area contributed by atoms with Crippen LogP contribution < -0.4 is 5.32 Å². The van der Waals surface area contributed by atoms with Gasteiger partial charge in [0.1, 0.15) is 11.3 Å². The molecule has 0 saturated carbocycles. The molecule has 0 fully saturated rings. The van der Waals surface area contributed by atoms with Crippen molar-refractivity contribution >= 4 is 11.0 Å². The van der Waals surface area contributed by atoms with Gasteiger partial charge in [0.05, 0.1) is 6.04 Å². The topological polar surface area (TPSA) is 45.4 Å². The summed E-state index contributed by atoms with van der Waals surface area (Å²) in [6.07, 6.45) is 1.81. The van der Waals surface area contributed by atoms with Crippen LogP contribution in [-0.4, -0.2) is 18.3 Å². The zero-order valence-corrected chi connectivity index (χ0v) is 12.6. The summed E-state index contributed by atoms with van der Waals surface area (Å²) in [5.74, 6) is 1.52. The maximum atomic E-state index is 8.95. The maximum Gasteiger partial charge on any atom is 0.134 e. The van der Waals surface area contributed by atoms with Crippen LogP contribution in [0.25, 0.3) is 11.0 Å². The average molecular weight is 275 g/mol. The lowest BCUT2D eigenvalue weighted by atomic mass is 10.0. The summed E-state index contributed by atoms with van der Waals surface area (Å²) in [5.41, 5.74) is 2.27. The van der Waals surface area contributed by atoms with Crippen molar-refractivity contribution in [2.45, 2.75) is 39.7 Å². The molecule has 2 unspecified atom stereocenters. The Morgan fingerprint density at radius 2 is 2.00 bits per heavy atom. The lowest BCUT2D eigenvalue weighted by molar-refractivity contribution is 0.257. The third kappa shape index (κ3) is 3.22. The van der Waals surface area contributed by atoms with E-state index in [1.807, 2.05) is 12.1 Å². The van der Waals surface area contributed by atoms with Gasteiger partial charge in [0.2, 0.25) is 0 Å². The van der Waals surface area contributed by atoms with Crippen molar-refractivity contribution in [1.29, 1.82) is 0 Å². The van der Waals surface area contributed by atoms with Gasteiger partial charge in [0.25, 0.3) is 0 Å². The Labute approximate surface area is 121 Å². The smallest absolute Gasteiger partial charge is 0.134 e. The summed E-state index contributed by atoms with van der Waals surface area (Å²) in [5, 5.41) is 13.7. The Bertz CT molecular complexity index is 547. The first-order valence-electron chi connectivity index (χ1n) is 7.51. The minimum Gasteiger partial charge on any atom is -0.459 e. The second-order valence-corrected chi connectivity index (χ2v) is 5.54. The van der Waals surface area contributed by atoms with Crippen LogP contribution in [0.5, 0.6) is 0 Å². The largest absolute Gasteiger partial charge is 0.459 e. The fourth-order valence-electron chi connectivity index (χ4n) is 2.63. The fraction of sp³-hybridized carbons (Fsp3) is 0.529. The zero-order chi connectivity index (χ0) is 14.5. The van der Waals surface area contributed by atoms with Gasteiger partial charge < -0.3 is 14.8 Å². The van der Waals surface area contributed by atoms with Crippen LogP contribution in [0.4, 0.5) is 0 Å². The molecule has 0 aliphatic heterocycles. The van der Waals surface area contributed by atoms with Crippen LogP contribution >= 0.6 is 0 Å². The van der Waals surface area contributed by atoms with E-state index in [4.69, 9.17) is 9.52 Å². The molecule has 0 amide bonds. The number of aliphatic hydroxyl groups is 1. The molecular formula is C17H25NO2. The predicted molar refractivity (Wildman–Crippen MR) is 82.9 cm³/mol. The van der Waals surface area contributed by atoms with Crippen LogP contribution in [0.15, 0.2) is 28.7 Å². The molecule has 2 N–H and O–H groups in total. The number of fused-ring (bicyclic) bond motifs is 1. The van der Waals surface area contributed by atoms with Crippen LogP contribution in [-0.2, 0) is 6.42 Å². The van der Waals surface area contributed by atoms with Crippen molar-refractivity contribution in [2.24, 2.45) is 5.92 Å². The molecule has 0 saturated heterocycles. The van der Waals surface area contributed by atoms with E-state index in [1.54, 1.807) is 0 Å². The number of aryl methyl sites for hydroxylation is 1. The Balaban J connectivity index is 2.15. The number of nitrogens with one attached hydrogen (secondary N) is 1. The molecule has 1 heterocycles. The average Bonchev–Trinajstić information content (AvgIpc) is 2.83. The SMILES string of the molecule is CCc1c(C(C)NCC(C)CCO)oc2ccccc12. The first-order chi connectivity index (χ1) is 9.67. The molecule has 1 aromatic carbocycles. The van der Waals surface area contributed by atoms with Gasteiger partial charge in [-0.05, 0) is 38.3 Å². The van der Waals surface area contributed by atoms with Crippen LogP contribution in [0, 0.1) is 5.92 Å². The quantitative estimate of drug-likeness (QED) is 0.810. The molecule has 1 aromatic heterocycles.